The summed E-state index contributed by atoms with van der Waals surface area (Å²) < 4.78 is 11.6. The first-order valence-electron chi connectivity index (χ1n) is 7.23. The number of hydrogen-bond acceptors (Lipinski definition) is 5. The van der Waals surface area contributed by atoms with Crippen molar-refractivity contribution in [3.63, 3.8) is 0 Å². The summed E-state index contributed by atoms with van der Waals surface area (Å²) >= 11 is 0. The molecule has 0 radical (unpaired) electrons. The number of rotatable bonds is 4. The van der Waals surface area contributed by atoms with E-state index in [1.54, 1.807) is 12.1 Å². The van der Waals surface area contributed by atoms with Crippen LogP contribution in [-0.2, 0) is 9.47 Å². The summed E-state index contributed by atoms with van der Waals surface area (Å²) in [5.74, 6) is -0.00688. The maximum Gasteiger partial charge on any atom is 0.255 e. The summed E-state index contributed by atoms with van der Waals surface area (Å²) in [5, 5.41) is 7.49. The lowest BCUT2D eigenvalue weighted by Crippen LogP contribution is -2.53. The molecule has 2 heterocycles. The Morgan fingerprint density at radius 3 is 3.19 bits per heavy atom. The zero-order chi connectivity index (χ0) is 14.7. The van der Waals surface area contributed by atoms with Crippen LogP contribution in [-0.4, -0.2) is 59.0 Å². The fourth-order valence-electron chi connectivity index (χ4n) is 3.12. The highest BCUT2D eigenvalue weighted by Gasteiger charge is 2.45. The third kappa shape index (κ3) is 2.82. The van der Waals surface area contributed by atoms with Crippen LogP contribution in [0.1, 0.15) is 23.2 Å². The van der Waals surface area contributed by atoms with Gasteiger partial charge in [0.25, 0.3) is 5.91 Å². The molecule has 0 aromatic carbocycles. The van der Waals surface area contributed by atoms with Crippen LogP contribution in [0.3, 0.4) is 0 Å². The Morgan fingerprint density at radius 1 is 1.52 bits per heavy atom. The minimum Gasteiger partial charge on any atom is -0.372 e. The van der Waals surface area contributed by atoms with Crippen molar-refractivity contribution in [1.29, 1.82) is 0 Å². The molecular weight excluding hydrogens is 270 g/mol. The second-order valence-electron chi connectivity index (χ2n) is 5.27. The molecule has 1 aliphatic carbocycles. The zero-order valence-corrected chi connectivity index (χ0v) is 11.9. The number of fused-ring (bicyclic) bond motifs is 1. The van der Waals surface area contributed by atoms with E-state index in [4.69, 9.17) is 9.47 Å². The van der Waals surface area contributed by atoms with Gasteiger partial charge in [0.1, 0.15) is 6.10 Å². The molecule has 2 fully saturated rings. The number of carbonyl (C=O) groups excluding carboxylic acids is 1. The maximum atomic E-state index is 12.6. The van der Waals surface area contributed by atoms with Gasteiger partial charge < -0.3 is 14.4 Å². The lowest BCUT2D eigenvalue weighted by molar-refractivity contribution is -0.100. The summed E-state index contributed by atoms with van der Waals surface area (Å²) in [5.41, 5.74) is 0.570. The lowest BCUT2D eigenvalue weighted by atomic mass is 10.1. The Kier molecular flexibility index (Phi) is 4.26. The van der Waals surface area contributed by atoms with Gasteiger partial charge in [-0.2, -0.15) is 10.2 Å². The molecule has 112 valence electrons. The van der Waals surface area contributed by atoms with E-state index in [1.807, 2.05) is 4.90 Å². The average molecular weight is 289 g/mol. The molecule has 0 spiro atoms. The number of ether oxygens (including phenoxy) is 2. The standard InChI is InChI=1S/C15H19N3O3/c1-2-8-20-13-4-3-12-14(13)21-9-7-18(12)15(19)11-5-6-16-17-10-11/h2,5-6,10,12-14H,1,3-4,7-9H2/t12-,13-,14+/m1/s1. The molecular formula is C15H19N3O3. The molecule has 2 aliphatic rings. The second-order valence-corrected chi connectivity index (χ2v) is 5.27. The summed E-state index contributed by atoms with van der Waals surface area (Å²) in [7, 11) is 0. The molecule has 3 atom stereocenters. The fourth-order valence-corrected chi connectivity index (χ4v) is 3.12. The Hall–Kier alpha value is -1.79. The van der Waals surface area contributed by atoms with Crippen molar-refractivity contribution in [2.45, 2.75) is 31.1 Å². The normalized spacial score (nSPS) is 28.2. The molecule has 1 aromatic rings. The van der Waals surface area contributed by atoms with Crippen LogP contribution in [0.5, 0.6) is 0 Å². The van der Waals surface area contributed by atoms with Crippen molar-refractivity contribution in [3.8, 4) is 0 Å². The van der Waals surface area contributed by atoms with Crippen molar-refractivity contribution < 1.29 is 14.3 Å². The van der Waals surface area contributed by atoms with Crippen molar-refractivity contribution >= 4 is 5.91 Å². The van der Waals surface area contributed by atoms with Crippen LogP contribution < -0.4 is 0 Å². The van der Waals surface area contributed by atoms with Gasteiger partial charge in [0.15, 0.2) is 0 Å². The molecule has 6 heteroatoms. The van der Waals surface area contributed by atoms with E-state index in [9.17, 15) is 4.79 Å². The second kappa shape index (κ2) is 6.32. The topological polar surface area (TPSA) is 64.6 Å². The Bertz CT molecular complexity index is 508. The predicted octanol–water partition coefficient (Wildman–Crippen LogP) is 1.05. The van der Waals surface area contributed by atoms with Crippen LogP contribution in [0.2, 0.25) is 0 Å². The third-order valence-electron chi connectivity index (χ3n) is 4.06. The Morgan fingerprint density at radius 2 is 2.43 bits per heavy atom. The van der Waals surface area contributed by atoms with Crippen LogP contribution in [0.15, 0.2) is 31.1 Å². The monoisotopic (exact) mass is 289 g/mol. The van der Waals surface area contributed by atoms with Gasteiger partial charge in [0.2, 0.25) is 0 Å². The van der Waals surface area contributed by atoms with E-state index in [1.165, 1.54) is 12.4 Å². The summed E-state index contributed by atoms with van der Waals surface area (Å²) in [6, 6.07) is 1.77. The van der Waals surface area contributed by atoms with E-state index >= 15 is 0 Å². The predicted molar refractivity (Wildman–Crippen MR) is 75.8 cm³/mol. The summed E-state index contributed by atoms with van der Waals surface area (Å²) in [6.07, 6.45) is 6.58. The molecule has 0 bridgehead atoms. The zero-order valence-electron chi connectivity index (χ0n) is 11.9. The van der Waals surface area contributed by atoms with Gasteiger partial charge in [-0.25, -0.2) is 0 Å². The van der Waals surface area contributed by atoms with E-state index in [-0.39, 0.29) is 24.2 Å². The Labute approximate surface area is 123 Å². The number of nitrogens with zero attached hydrogens (tertiary/aromatic N) is 3. The highest BCUT2D eigenvalue weighted by molar-refractivity contribution is 5.94. The van der Waals surface area contributed by atoms with Gasteiger partial charge in [-0.05, 0) is 18.9 Å². The highest BCUT2D eigenvalue weighted by atomic mass is 16.5. The molecule has 1 aliphatic heterocycles. The summed E-state index contributed by atoms with van der Waals surface area (Å²) in [6.45, 7) is 5.33. The molecule has 0 unspecified atom stereocenters. The van der Waals surface area contributed by atoms with Crippen molar-refractivity contribution in [2.75, 3.05) is 19.8 Å². The molecule has 1 aromatic heterocycles. The number of carbonyl (C=O) groups is 1. The van der Waals surface area contributed by atoms with E-state index < -0.39 is 0 Å². The van der Waals surface area contributed by atoms with E-state index in [0.717, 1.165) is 12.8 Å². The van der Waals surface area contributed by atoms with Crippen LogP contribution in [0.25, 0.3) is 0 Å². The number of amides is 1. The molecule has 1 amide bonds. The number of aromatic nitrogens is 2. The maximum absolute atomic E-state index is 12.6. The van der Waals surface area contributed by atoms with E-state index in [2.05, 4.69) is 16.8 Å². The SMILES string of the molecule is C=CCO[C@@H]1CC[C@@H]2[C@@H]1OCCN2C(=O)c1ccnnc1. The van der Waals surface area contributed by atoms with Crippen molar-refractivity contribution in [2.24, 2.45) is 0 Å². The van der Waals surface area contributed by atoms with Gasteiger partial charge in [-0.3, -0.25) is 4.79 Å². The van der Waals surface area contributed by atoms with Crippen LogP contribution >= 0.6 is 0 Å². The lowest BCUT2D eigenvalue weighted by Gasteiger charge is -2.39. The molecule has 21 heavy (non-hydrogen) atoms. The molecule has 3 rings (SSSR count). The van der Waals surface area contributed by atoms with Crippen molar-refractivity contribution in [3.05, 3.63) is 36.7 Å². The van der Waals surface area contributed by atoms with Crippen LogP contribution in [0.4, 0.5) is 0 Å². The highest BCUT2D eigenvalue weighted by Crippen LogP contribution is 2.32. The average Bonchev–Trinajstić information content (AvgIpc) is 2.96. The first-order chi connectivity index (χ1) is 10.3. The molecule has 0 N–H and O–H groups in total. The minimum atomic E-state index is -0.0440. The molecule has 6 nitrogen and oxygen atoms in total. The quantitative estimate of drug-likeness (QED) is 0.775. The molecule has 1 saturated carbocycles. The molecule has 1 saturated heterocycles. The van der Waals surface area contributed by atoms with Gasteiger partial charge in [0.05, 0.1) is 43.3 Å². The largest absolute Gasteiger partial charge is 0.372 e. The first-order valence-corrected chi connectivity index (χ1v) is 7.23. The van der Waals surface area contributed by atoms with Crippen molar-refractivity contribution in [1.82, 2.24) is 15.1 Å². The fraction of sp³-hybridized carbons (Fsp3) is 0.533. The van der Waals surface area contributed by atoms with Gasteiger partial charge >= 0.3 is 0 Å². The van der Waals surface area contributed by atoms with Gasteiger partial charge in [0, 0.05) is 6.54 Å². The smallest absolute Gasteiger partial charge is 0.255 e. The third-order valence-corrected chi connectivity index (χ3v) is 4.06. The van der Waals surface area contributed by atoms with E-state index in [0.29, 0.717) is 25.3 Å². The number of morpholine rings is 1. The summed E-state index contributed by atoms with van der Waals surface area (Å²) in [4.78, 5) is 14.5. The van der Waals surface area contributed by atoms with Gasteiger partial charge in [-0.1, -0.05) is 6.08 Å². The Balaban J connectivity index is 1.73. The minimum absolute atomic E-state index is 0.00688. The van der Waals surface area contributed by atoms with Gasteiger partial charge in [-0.15, -0.1) is 6.58 Å². The number of hydrogen-bond donors (Lipinski definition) is 0. The van der Waals surface area contributed by atoms with Crippen LogP contribution in [0, 0.1) is 0 Å². The first kappa shape index (κ1) is 14.2.